The van der Waals surface area contributed by atoms with E-state index in [0.29, 0.717) is 6.04 Å². The van der Waals surface area contributed by atoms with Crippen LogP contribution in [0.15, 0.2) is 12.2 Å². The highest BCUT2D eigenvalue weighted by Gasteiger charge is 2.23. The van der Waals surface area contributed by atoms with Gasteiger partial charge in [-0.2, -0.15) is 0 Å². The number of likely N-dealkylation sites (N-methyl/N-ethyl adjacent to an activating group) is 1. The first-order valence-corrected chi connectivity index (χ1v) is 4.74. The molecule has 1 aliphatic rings. The van der Waals surface area contributed by atoms with E-state index in [1.54, 1.807) is 6.92 Å². The van der Waals surface area contributed by atoms with Crippen LogP contribution in [0.4, 0.5) is 0 Å². The van der Waals surface area contributed by atoms with Gasteiger partial charge >= 0.3 is 5.97 Å². The summed E-state index contributed by atoms with van der Waals surface area (Å²) in [6, 6.07) is -0.0902. The second-order valence-electron chi connectivity index (χ2n) is 3.61. The minimum Gasteiger partial charge on any atom is -0.480 e. The summed E-state index contributed by atoms with van der Waals surface area (Å²) in [5.74, 6) is -0.749. The van der Waals surface area contributed by atoms with E-state index < -0.39 is 12.0 Å². The maximum absolute atomic E-state index is 10.7. The molecule has 13 heavy (non-hydrogen) atoms. The number of hydrogen-bond donors (Lipinski definition) is 1. The van der Waals surface area contributed by atoms with E-state index in [1.165, 1.54) is 0 Å². The topological polar surface area (TPSA) is 40.5 Å². The molecule has 0 aromatic rings. The molecule has 0 radical (unpaired) electrons. The average Bonchev–Trinajstić information content (AvgIpc) is 2.17. The van der Waals surface area contributed by atoms with E-state index in [2.05, 4.69) is 12.2 Å². The van der Waals surface area contributed by atoms with Gasteiger partial charge in [0.2, 0.25) is 0 Å². The molecular formula is C10H17NO2. The highest BCUT2D eigenvalue weighted by molar-refractivity contribution is 5.72. The lowest BCUT2D eigenvalue weighted by atomic mass is 10.0. The Labute approximate surface area is 79.0 Å². The lowest BCUT2D eigenvalue weighted by molar-refractivity contribution is -0.142. The first-order chi connectivity index (χ1) is 6.13. The van der Waals surface area contributed by atoms with Crippen LogP contribution in [0, 0.1) is 0 Å². The fraction of sp³-hybridized carbons (Fsp3) is 0.700. The zero-order valence-electron chi connectivity index (χ0n) is 8.23. The van der Waals surface area contributed by atoms with Crippen molar-refractivity contribution in [2.45, 2.75) is 38.3 Å². The summed E-state index contributed by atoms with van der Waals surface area (Å²) in [6.45, 7) is 1.73. The molecule has 1 rings (SSSR count). The molecular weight excluding hydrogens is 166 g/mol. The summed E-state index contributed by atoms with van der Waals surface area (Å²) in [5.41, 5.74) is 0. The Morgan fingerprint density at radius 3 is 2.85 bits per heavy atom. The maximum Gasteiger partial charge on any atom is 0.320 e. The number of carboxylic acids is 1. The Balaban J connectivity index is 2.55. The largest absolute Gasteiger partial charge is 0.480 e. The third kappa shape index (κ3) is 2.56. The normalized spacial score (nSPS) is 24.7. The van der Waals surface area contributed by atoms with Crippen molar-refractivity contribution < 1.29 is 9.90 Å². The van der Waals surface area contributed by atoms with Crippen LogP contribution in [0.1, 0.15) is 26.2 Å². The zero-order chi connectivity index (χ0) is 9.84. The minimum absolute atomic E-state index is 0.305. The van der Waals surface area contributed by atoms with E-state index in [9.17, 15) is 4.79 Å². The highest BCUT2D eigenvalue weighted by Crippen LogP contribution is 2.16. The van der Waals surface area contributed by atoms with E-state index >= 15 is 0 Å². The predicted octanol–water partition coefficient (Wildman–Crippen LogP) is 1.50. The molecule has 0 spiro atoms. The highest BCUT2D eigenvalue weighted by atomic mass is 16.4. The number of aliphatic carboxylic acids is 1. The van der Waals surface area contributed by atoms with Crippen molar-refractivity contribution in [2.75, 3.05) is 7.05 Å². The fourth-order valence-corrected chi connectivity index (χ4v) is 1.60. The van der Waals surface area contributed by atoms with E-state index in [-0.39, 0.29) is 0 Å². The van der Waals surface area contributed by atoms with Gasteiger partial charge in [-0.25, -0.2) is 0 Å². The van der Waals surface area contributed by atoms with Gasteiger partial charge in [0.25, 0.3) is 0 Å². The smallest absolute Gasteiger partial charge is 0.320 e. The van der Waals surface area contributed by atoms with Crippen LogP contribution < -0.4 is 0 Å². The van der Waals surface area contributed by atoms with Gasteiger partial charge in [-0.05, 0) is 33.2 Å². The molecule has 0 aromatic heterocycles. The third-order valence-electron chi connectivity index (χ3n) is 2.72. The third-order valence-corrected chi connectivity index (χ3v) is 2.72. The standard InChI is InChI=1S/C10H17NO2/c1-8(10(12)13)11(2)9-6-4-3-5-7-9/h4,6,8-9H,3,5,7H2,1-2H3,(H,12,13). The second-order valence-corrected chi connectivity index (χ2v) is 3.61. The molecule has 1 aliphatic carbocycles. The monoisotopic (exact) mass is 183 g/mol. The van der Waals surface area contributed by atoms with Crippen LogP contribution in [0.25, 0.3) is 0 Å². The Morgan fingerprint density at radius 1 is 1.69 bits per heavy atom. The van der Waals surface area contributed by atoms with Gasteiger partial charge in [0.15, 0.2) is 0 Å². The lowest BCUT2D eigenvalue weighted by Crippen LogP contribution is -2.42. The summed E-state index contributed by atoms with van der Waals surface area (Å²) in [6.07, 6.45) is 7.62. The number of nitrogens with zero attached hydrogens (tertiary/aromatic N) is 1. The minimum atomic E-state index is -0.749. The molecule has 0 aliphatic heterocycles. The first kappa shape index (κ1) is 10.3. The van der Waals surface area contributed by atoms with Crippen molar-refractivity contribution in [2.24, 2.45) is 0 Å². The van der Waals surface area contributed by atoms with Crippen LogP contribution in [0.5, 0.6) is 0 Å². The average molecular weight is 183 g/mol. The van der Waals surface area contributed by atoms with E-state index in [0.717, 1.165) is 19.3 Å². The van der Waals surface area contributed by atoms with Crippen LogP contribution in [-0.4, -0.2) is 35.1 Å². The Bertz CT molecular complexity index is 213. The van der Waals surface area contributed by atoms with Crippen molar-refractivity contribution in [3.05, 3.63) is 12.2 Å². The maximum atomic E-state index is 10.7. The Hall–Kier alpha value is -0.830. The lowest BCUT2D eigenvalue weighted by Gasteiger charge is -2.30. The molecule has 0 aromatic carbocycles. The summed E-state index contributed by atoms with van der Waals surface area (Å²) in [7, 11) is 1.87. The van der Waals surface area contributed by atoms with Crippen LogP contribution in [0.3, 0.4) is 0 Å². The molecule has 0 amide bonds. The second kappa shape index (κ2) is 4.42. The van der Waals surface area contributed by atoms with Crippen molar-refractivity contribution >= 4 is 5.97 Å². The molecule has 3 nitrogen and oxygen atoms in total. The SMILES string of the molecule is CC(C(=O)O)N(C)C1C=CCCC1. The molecule has 0 saturated heterocycles. The number of rotatable bonds is 3. The molecule has 0 fully saturated rings. The predicted molar refractivity (Wildman–Crippen MR) is 51.6 cm³/mol. The fourth-order valence-electron chi connectivity index (χ4n) is 1.60. The molecule has 3 heteroatoms. The summed E-state index contributed by atoms with van der Waals surface area (Å²) < 4.78 is 0. The molecule has 74 valence electrons. The van der Waals surface area contributed by atoms with E-state index in [4.69, 9.17) is 5.11 Å². The molecule has 0 bridgehead atoms. The van der Waals surface area contributed by atoms with Gasteiger partial charge in [-0.15, -0.1) is 0 Å². The van der Waals surface area contributed by atoms with E-state index in [1.807, 2.05) is 11.9 Å². The summed E-state index contributed by atoms with van der Waals surface area (Å²) in [5, 5.41) is 8.82. The van der Waals surface area contributed by atoms with Crippen molar-refractivity contribution in [3.63, 3.8) is 0 Å². The summed E-state index contributed by atoms with van der Waals surface area (Å²) >= 11 is 0. The number of carboxylic acid groups (broad SMARTS) is 1. The van der Waals surface area contributed by atoms with Gasteiger partial charge in [0, 0.05) is 6.04 Å². The molecule has 2 atom stereocenters. The first-order valence-electron chi connectivity index (χ1n) is 4.74. The van der Waals surface area contributed by atoms with Crippen LogP contribution in [0.2, 0.25) is 0 Å². The number of allylic oxidation sites excluding steroid dienone is 1. The molecule has 1 N–H and O–H groups in total. The quantitative estimate of drug-likeness (QED) is 0.674. The van der Waals surface area contributed by atoms with Crippen LogP contribution in [-0.2, 0) is 4.79 Å². The molecule has 2 unspecified atom stereocenters. The van der Waals surface area contributed by atoms with Gasteiger partial charge in [-0.1, -0.05) is 12.2 Å². The molecule has 0 saturated carbocycles. The van der Waals surface area contributed by atoms with Crippen molar-refractivity contribution in [1.82, 2.24) is 4.90 Å². The van der Waals surface area contributed by atoms with Crippen LogP contribution >= 0.6 is 0 Å². The van der Waals surface area contributed by atoms with Crippen molar-refractivity contribution in [1.29, 1.82) is 0 Å². The zero-order valence-corrected chi connectivity index (χ0v) is 8.23. The van der Waals surface area contributed by atoms with Gasteiger partial charge in [0.05, 0.1) is 0 Å². The van der Waals surface area contributed by atoms with Gasteiger partial charge in [0.1, 0.15) is 6.04 Å². The molecule has 0 heterocycles. The van der Waals surface area contributed by atoms with Gasteiger partial charge in [-0.3, -0.25) is 9.69 Å². The van der Waals surface area contributed by atoms with Crippen molar-refractivity contribution in [3.8, 4) is 0 Å². The number of hydrogen-bond acceptors (Lipinski definition) is 2. The summed E-state index contributed by atoms with van der Waals surface area (Å²) in [4.78, 5) is 12.6. The van der Waals surface area contributed by atoms with Gasteiger partial charge < -0.3 is 5.11 Å². The Kier molecular flexibility index (Phi) is 3.48. The Morgan fingerprint density at radius 2 is 2.38 bits per heavy atom. The number of carbonyl (C=O) groups is 1.